The predicted octanol–water partition coefficient (Wildman–Crippen LogP) is 3.59. The van der Waals surface area contributed by atoms with Crippen LogP contribution < -0.4 is 0 Å². The Bertz CT molecular complexity index is 946. The van der Waals surface area contributed by atoms with Gasteiger partial charge in [-0.3, -0.25) is 4.79 Å². The fraction of sp³-hybridized carbons (Fsp3) is 0. The first kappa shape index (κ1) is 10.2. The minimum Gasteiger partial charge on any atom is -0.508 e. The number of aromatic amines is 1. The van der Waals surface area contributed by atoms with Crippen LogP contribution >= 0.6 is 0 Å². The van der Waals surface area contributed by atoms with Crippen molar-refractivity contribution in [1.29, 1.82) is 0 Å². The molecule has 2 N–H and O–H groups in total. The molecule has 19 heavy (non-hydrogen) atoms. The number of H-pyrrole nitrogens is 1. The van der Waals surface area contributed by atoms with Crippen molar-refractivity contribution in [2.24, 2.45) is 0 Å². The normalized spacial score (nSPS) is 11.6. The first-order chi connectivity index (χ1) is 9.28. The van der Waals surface area contributed by atoms with Gasteiger partial charge in [-0.05, 0) is 24.3 Å². The molecule has 2 aromatic carbocycles. The van der Waals surface area contributed by atoms with Crippen LogP contribution in [0, 0.1) is 0 Å². The summed E-state index contributed by atoms with van der Waals surface area (Å²) in [5.74, 6) is 0.207. The van der Waals surface area contributed by atoms with E-state index in [1.54, 1.807) is 18.4 Å². The number of aromatic hydroxyl groups is 1. The highest BCUT2D eigenvalue weighted by Gasteiger charge is 2.13. The lowest BCUT2D eigenvalue weighted by Gasteiger charge is -1.96. The first-order valence-electron chi connectivity index (χ1n) is 5.88. The van der Waals surface area contributed by atoms with Crippen molar-refractivity contribution in [3.63, 3.8) is 0 Å². The molecule has 0 spiro atoms. The number of hydrogen-bond donors (Lipinski definition) is 2. The molecule has 0 bridgehead atoms. The Morgan fingerprint density at radius 2 is 2.00 bits per heavy atom. The maximum Gasteiger partial charge on any atom is 0.153 e. The largest absolute Gasteiger partial charge is 0.508 e. The topological polar surface area (TPSA) is 66.2 Å². The predicted molar refractivity (Wildman–Crippen MR) is 72.6 cm³/mol. The van der Waals surface area contributed by atoms with E-state index in [4.69, 9.17) is 4.42 Å². The Morgan fingerprint density at radius 1 is 1.11 bits per heavy atom. The van der Waals surface area contributed by atoms with Gasteiger partial charge < -0.3 is 14.5 Å². The summed E-state index contributed by atoms with van der Waals surface area (Å²) < 4.78 is 5.37. The summed E-state index contributed by atoms with van der Waals surface area (Å²) in [6.07, 6.45) is 2.37. The fourth-order valence-electron chi connectivity index (χ4n) is 2.61. The molecule has 0 saturated heterocycles. The van der Waals surface area contributed by atoms with Gasteiger partial charge in [0.15, 0.2) is 6.29 Å². The van der Waals surface area contributed by atoms with E-state index in [9.17, 15) is 9.90 Å². The van der Waals surface area contributed by atoms with Gasteiger partial charge in [-0.1, -0.05) is 0 Å². The molecule has 0 saturated carbocycles. The second kappa shape index (κ2) is 3.38. The van der Waals surface area contributed by atoms with E-state index in [2.05, 4.69) is 4.98 Å². The van der Waals surface area contributed by atoms with E-state index in [0.29, 0.717) is 11.1 Å². The molecule has 92 valence electrons. The maximum absolute atomic E-state index is 11.2. The van der Waals surface area contributed by atoms with Crippen LogP contribution in [0.25, 0.3) is 32.8 Å². The molecule has 4 nitrogen and oxygen atoms in total. The van der Waals surface area contributed by atoms with Gasteiger partial charge in [0.1, 0.15) is 11.3 Å². The van der Waals surface area contributed by atoms with Crippen molar-refractivity contribution < 1.29 is 14.3 Å². The summed E-state index contributed by atoms with van der Waals surface area (Å²) in [6.45, 7) is 0. The van der Waals surface area contributed by atoms with Crippen LogP contribution in [-0.2, 0) is 0 Å². The van der Waals surface area contributed by atoms with Crippen LogP contribution in [0.4, 0.5) is 0 Å². The van der Waals surface area contributed by atoms with Gasteiger partial charge in [-0.15, -0.1) is 0 Å². The zero-order valence-corrected chi connectivity index (χ0v) is 9.81. The standard InChI is InChI=1S/C15H9NO3/c17-7-8-5-12-10-2-1-9(18)6-13(10)16-14(12)11-3-4-19-15(8)11/h1-7,16,18H. The van der Waals surface area contributed by atoms with E-state index < -0.39 is 0 Å². The molecule has 4 heteroatoms. The number of aromatic nitrogens is 1. The number of fused-ring (bicyclic) bond motifs is 5. The second-order valence-electron chi connectivity index (χ2n) is 4.52. The Morgan fingerprint density at radius 3 is 2.84 bits per heavy atom. The quantitative estimate of drug-likeness (QED) is 0.508. The third kappa shape index (κ3) is 1.25. The van der Waals surface area contributed by atoms with E-state index in [-0.39, 0.29) is 5.75 Å². The van der Waals surface area contributed by atoms with Gasteiger partial charge in [-0.25, -0.2) is 0 Å². The molecule has 4 aromatic rings. The summed E-state index contributed by atoms with van der Waals surface area (Å²) in [4.78, 5) is 14.4. The Kier molecular flexibility index (Phi) is 1.82. The molecule has 2 aromatic heterocycles. The highest BCUT2D eigenvalue weighted by atomic mass is 16.3. The fourth-order valence-corrected chi connectivity index (χ4v) is 2.61. The van der Waals surface area contributed by atoms with Gasteiger partial charge in [0, 0.05) is 22.2 Å². The van der Waals surface area contributed by atoms with Crippen molar-refractivity contribution >= 4 is 39.1 Å². The first-order valence-corrected chi connectivity index (χ1v) is 5.88. The molecular formula is C15H9NO3. The summed E-state index contributed by atoms with van der Waals surface area (Å²) in [6, 6.07) is 8.78. The average Bonchev–Trinajstić information content (AvgIpc) is 3.00. The smallest absolute Gasteiger partial charge is 0.153 e. The van der Waals surface area contributed by atoms with Crippen LogP contribution in [-0.4, -0.2) is 16.4 Å². The van der Waals surface area contributed by atoms with Crippen molar-refractivity contribution in [3.8, 4) is 5.75 Å². The molecule has 0 radical (unpaired) electrons. The third-order valence-corrected chi connectivity index (χ3v) is 3.45. The highest BCUT2D eigenvalue weighted by Crippen LogP contribution is 2.34. The average molecular weight is 251 g/mol. The van der Waals surface area contributed by atoms with Crippen LogP contribution in [0.2, 0.25) is 0 Å². The van der Waals surface area contributed by atoms with Crippen LogP contribution in [0.5, 0.6) is 5.75 Å². The van der Waals surface area contributed by atoms with E-state index >= 15 is 0 Å². The lowest BCUT2D eigenvalue weighted by Crippen LogP contribution is -1.81. The molecule has 0 aliphatic carbocycles. The molecule has 0 atom stereocenters. The van der Waals surface area contributed by atoms with Crippen molar-refractivity contribution in [1.82, 2.24) is 4.98 Å². The van der Waals surface area contributed by atoms with Gasteiger partial charge in [-0.2, -0.15) is 0 Å². The molecule has 0 aliphatic rings. The van der Waals surface area contributed by atoms with Crippen LogP contribution in [0.1, 0.15) is 10.4 Å². The van der Waals surface area contributed by atoms with Crippen molar-refractivity contribution in [2.45, 2.75) is 0 Å². The number of phenols is 1. The van der Waals surface area contributed by atoms with Gasteiger partial charge in [0.2, 0.25) is 0 Å². The molecule has 0 amide bonds. The molecule has 0 unspecified atom stereocenters. The Labute approximate surface area is 107 Å². The highest BCUT2D eigenvalue weighted by molar-refractivity contribution is 6.19. The summed E-state index contributed by atoms with van der Waals surface area (Å²) in [5, 5.41) is 12.3. The lowest BCUT2D eigenvalue weighted by atomic mass is 10.1. The zero-order valence-electron chi connectivity index (χ0n) is 9.81. The summed E-state index contributed by atoms with van der Waals surface area (Å²) in [7, 11) is 0. The number of carbonyl (C=O) groups excluding carboxylic acids is 1. The summed E-state index contributed by atoms with van der Waals surface area (Å²) in [5.41, 5.74) is 2.86. The van der Waals surface area contributed by atoms with Crippen molar-refractivity contribution in [3.05, 3.63) is 42.2 Å². The van der Waals surface area contributed by atoms with Crippen LogP contribution in [0.15, 0.2) is 41.0 Å². The number of nitrogens with one attached hydrogen (secondary N) is 1. The minimum atomic E-state index is 0.207. The number of benzene rings is 2. The van der Waals surface area contributed by atoms with E-state index in [1.807, 2.05) is 18.2 Å². The maximum atomic E-state index is 11.2. The van der Waals surface area contributed by atoms with Gasteiger partial charge >= 0.3 is 0 Å². The van der Waals surface area contributed by atoms with E-state index in [0.717, 1.165) is 33.5 Å². The zero-order chi connectivity index (χ0) is 13.0. The third-order valence-electron chi connectivity index (χ3n) is 3.45. The molecular weight excluding hydrogens is 242 g/mol. The second-order valence-corrected chi connectivity index (χ2v) is 4.52. The molecule has 0 aliphatic heterocycles. The number of hydrogen-bond acceptors (Lipinski definition) is 3. The van der Waals surface area contributed by atoms with Gasteiger partial charge in [0.05, 0.1) is 22.9 Å². The number of furan rings is 1. The Hall–Kier alpha value is -2.75. The van der Waals surface area contributed by atoms with Crippen molar-refractivity contribution in [2.75, 3.05) is 0 Å². The van der Waals surface area contributed by atoms with E-state index in [1.165, 1.54) is 0 Å². The molecule has 4 rings (SSSR count). The number of rotatable bonds is 1. The monoisotopic (exact) mass is 251 g/mol. The SMILES string of the molecule is O=Cc1cc2c3ccc(O)cc3[nH]c2c2ccoc12. The Balaban J connectivity index is 2.31. The lowest BCUT2D eigenvalue weighted by molar-refractivity contribution is 0.112. The number of aldehydes is 1. The van der Waals surface area contributed by atoms with Crippen LogP contribution in [0.3, 0.4) is 0 Å². The molecule has 0 fully saturated rings. The molecule has 2 heterocycles. The summed E-state index contributed by atoms with van der Waals surface area (Å²) >= 11 is 0. The van der Waals surface area contributed by atoms with Gasteiger partial charge in [0.25, 0.3) is 0 Å². The minimum absolute atomic E-state index is 0.207. The number of carbonyl (C=O) groups is 1. The number of phenolic OH excluding ortho intramolecular Hbond substituents is 1.